The number of hydrogen-bond donors (Lipinski definition) is 0. The van der Waals surface area contributed by atoms with E-state index in [2.05, 4.69) is 31.7 Å². The third kappa shape index (κ3) is 2.38. The minimum absolute atomic E-state index is 0.744. The average Bonchev–Trinajstić information content (AvgIpc) is 3.39. The first kappa shape index (κ1) is 15.2. The maximum absolute atomic E-state index is 5.00. The summed E-state index contributed by atoms with van der Waals surface area (Å²) in [5.41, 5.74) is 5.96. The van der Waals surface area contributed by atoms with E-state index < -0.39 is 0 Å². The Hall–Kier alpha value is -3.12. The van der Waals surface area contributed by atoms with Crippen molar-refractivity contribution in [2.45, 2.75) is 13.3 Å². The molecule has 0 saturated carbocycles. The third-order valence-electron chi connectivity index (χ3n) is 4.39. The largest absolute Gasteiger partial charge is 0.297 e. The molecular formula is C20H15N5S. The van der Waals surface area contributed by atoms with Crippen LogP contribution in [0.1, 0.15) is 17.0 Å². The van der Waals surface area contributed by atoms with Gasteiger partial charge in [-0.2, -0.15) is 10.2 Å². The zero-order valence-corrected chi connectivity index (χ0v) is 14.9. The second kappa shape index (κ2) is 6.00. The number of nitrogens with zero attached hydrogens (tertiary/aromatic N) is 5. The van der Waals surface area contributed by atoms with Crippen LogP contribution >= 0.6 is 11.3 Å². The van der Waals surface area contributed by atoms with E-state index >= 15 is 0 Å². The molecule has 0 N–H and O–H groups in total. The van der Waals surface area contributed by atoms with Crippen LogP contribution in [0.15, 0.2) is 64.9 Å². The van der Waals surface area contributed by atoms with E-state index in [0.717, 1.165) is 50.3 Å². The molecule has 0 fully saturated rings. The van der Waals surface area contributed by atoms with Crippen molar-refractivity contribution in [3.8, 4) is 22.0 Å². The number of aromatic nitrogens is 3. The van der Waals surface area contributed by atoms with Gasteiger partial charge >= 0.3 is 0 Å². The molecule has 0 amide bonds. The standard InChI is InChI=1S/C20H15N5S/c1-13-18(25-12-6-5-9-16(25)22-13)20-23-17(14-7-3-2-4-8-14)19(26-20)15-10-11-21-24-15/h2-9,11-12H,10H2,1H3. The van der Waals surface area contributed by atoms with E-state index in [1.54, 1.807) is 11.3 Å². The Labute approximate surface area is 154 Å². The van der Waals surface area contributed by atoms with Crippen LogP contribution < -0.4 is 0 Å². The number of imidazole rings is 1. The molecule has 1 aliphatic rings. The van der Waals surface area contributed by atoms with Gasteiger partial charge in [0.1, 0.15) is 16.3 Å². The molecular weight excluding hydrogens is 342 g/mol. The zero-order chi connectivity index (χ0) is 17.5. The van der Waals surface area contributed by atoms with Gasteiger partial charge in [0.2, 0.25) is 0 Å². The number of benzene rings is 1. The molecule has 0 unspecified atom stereocenters. The molecule has 26 heavy (non-hydrogen) atoms. The number of aryl methyl sites for hydroxylation is 1. The minimum Gasteiger partial charge on any atom is -0.297 e. The number of thiazole rings is 1. The van der Waals surface area contributed by atoms with Gasteiger partial charge in [0, 0.05) is 24.4 Å². The monoisotopic (exact) mass is 357 g/mol. The summed E-state index contributed by atoms with van der Waals surface area (Å²) < 4.78 is 2.10. The van der Waals surface area contributed by atoms with Crippen molar-refractivity contribution in [2.24, 2.45) is 10.2 Å². The maximum Gasteiger partial charge on any atom is 0.143 e. The van der Waals surface area contributed by atoms with Crippen LogP contribution in [0.4, 0.5) is 0 Å². The minimum atomic E-state index is 0.744. The Bertz CT molecular complexity index is 1170. The smallest absolute Gasteiger partial charge is 0.143 e. The molecule has 5 nitrogen and oxygen atoms in total. The first-order valence-corrected chi connectivity index (χ1v) is 9.22. The molecule has 0 radical (unpaired) electrons. The predicted molar refractivity (Wildman–Crippen MR) is 106 cm³/mol. The van der Waals surface area contributed by atoms with E-state index in [9.17, 15) is 0 Å². The van der Waals surface area contributed by atoms with Crippen LogP contribution in [0.25, 0.3) is 27.6 Å². The van der Waals surface area contributed by atoms with Crippen molar-refractivity contribution in [3.63, 3.8) is 0 Å². The summed E-state index contributed by atoms with van der Waals surface area (Å²) in [6.07, 6.45) is 4.61. The van der Waals surface area contributed by atoms with Gasteiger partial charge in [-0.25, -0.2) is 9.97 Å². The quantitative estimate of drug-likeness (QED) is 0.537. The maximum atomic E-state index is 5.00. The van der Waals surface area contributed by atoms with Crippen LogP contribution in [0.2, 0.25) is 0 Å². The molecule has 1 aliphatic heterocycles. The lowest BCUT2D eigenvalue weighted by Crippen LogP contribution is -1.97. The van der Waals surface area contributed by atoms with Gasteiger partial charge in [0.15, 0.2) is 0 Å². The van der Waals surface area contributed by atoms with Crippen molar-refractivity contribution in [3.05, 3.63) is 65.3 Å². The molecule has 0 bridgehead atoms. The summed E-state index contributed by atoms with van der Waals surface area (Å²) in [4.78, 5) is 10.8. The Morgan fingerprint density at radius 2 is 1.85 bits per heavy atom. The Morgan fingerprint density at radius 1 is 1.00 bits per heavy atom. The molecule has 0 spiro atoms. The van der Waals surface area contributed by atoms with Gasteiger partial charge in [0.05, 0.1) is 22.0 Å². The van der Waals surface area contributed by atoms with Crippen molar-refractivity contribution in [1.82, 2.24) is 14.4 Å². The lowest BCUT2D eigenvalue weighted by molar-refractivity contribution is 1.18. The Morgan fingerprint density at radius 3 is 2.65 bits per heavy atom. The molecule has 0 atom stereocenters. The number of fused-ring (bicyclic) bond motifs is 1. The van der Waals surface area contributed by atoms with Crippen molar-refractivity contribution < 1.29 is 0 Å². The normalized spacial score (nSPS) is 13.5. The summed E-state index contributed by atoms with van der Waals surface area (Å²) in [6, 6.07) is 16.3. The van der Waals surface area contributed by atoms with Crippen LogP contribution in [-0.4, -0.2) is 26.3 Å². The second-order valence-electron chi connectivity index (χ2n) is 6.09. The van der Waals surface area contributed by atoms with Gasteiger partial charge < -0.3 is 0 Å². The summed E-state index contributed by atoms with van der Waals surface area (Å²) in [5.74, 6) is 0. The van der Waals surface area contributed by atoms with Crippen molar-refractivity contribution in [2.75, 3.05) is 0 Å². The zero-order valence-electron chi connectivity index (χ0n) is 14.1. The number of pyridine rings is 1. The molecule has 5 rings (SSSR count). The highest BCUT2D eigenvalue weighted by molar-refractivity contribution is 7.17. The number of hydrogen-bond acceptors (Lipinski definition) is 5. The molecule has 1 aromatic carbocycles. The fraction of sp³-hybridized carbons (Fsp3) is 0.100. The van der Waals surface area contributed by atoms with E-state index in [1.807, 2.05) is 55.7 Å². The summed E-state index contributed by atoms with van der Waals surface area (Å²) in [7, 11) is 0. The van der Waals surface area contributed by atoms with Crippen LogP contribution in [0.3, 0.4) is 0 Å². The van der Waals surface area contributed by atoms with Crippen LogP contribution in [-0.2, 0) is 0 Å². The van der Waals surface area contributed by atoms with Gasteiger partial charge in [0.25, 0.3) is 0 Å². The third-order valence-corrected chi connectivity index (χ3v) is 5.50. The molecule has 0 saturated heterocycles. The molecule has 4 aromatic rings. The van der Waals surface area contributed by atoms with Crippen molar-refractivity contribution >= 4 is 28.9 Å². The molecule has 6 heteroatoms. The van der Waals surface area contributed by atoms with Crippen molar-refractivity contribution in [1.29, 1.82) is 0 Å². The predicted octanol–water partition coefficient (Wildman–Crippen LogP) is 4.61. The lowest BCUT2D eigenvalue weighted by atomic mass is 10.1. The van der Waals surface area contributed by atoms with Crippen LogP contribution in [0, 0.1) is 6.92 Å². The molecule has 0 aliphatic carbocycles. The number of rotatable bonds is 3. The fourth-order valence-electron chi connectivity index (χ4n) is 3.20. The van der Waals surface area contributed by atoms with E-state index in [0.29, 0.717) is 0 Å². The SMILES string of the molecule is Cc1nc2ccccn2c1-c1nc(-c2ccccc2)c(C2=NN=CC2)s1. The summed E-state index contributed by atoms with van der Waals surface area (Å²) >= 11 is 1.66. The van der Waals surface area contributed by atoms with Gasteiger partial charge in [-0.1, -0.05) is 36.4 Å². The topological polar surface area (TPSA) is 54.9 Å². The highest BCUT2D eigenvalue weighted by atomic mass is 32.1. The first-order valence-electron chi connectivity index (χ1n) is 8.40. The molecule has 126 valence electrons. The molecule has 3 aromatic heterocycles. The van der Waals surface area contributed by atoms with E-state index in [1.165, 1.54) is 0 Å². The fourth-order valence-corrected chi connectivity index (χ4v) is 4.37. The average molecular weight is 357 g/mol. The Balaban J connectivity index is 1.75. The summed E-state index contributed by atoms with van der Waals surface area (Å²) in [5, 5.41) is 9.29. The van der Waals surface area contributed by atoms with E-state index in [-0.39, 0.29) is 0 Å². The van der Waals surface area contributed by atoms with Gasteiger partial charge in [-0.3, -0.25) is 4.40 Å². The van der Waals surface area contributed by atoms with Gasteiger partial charge in [-0.05, 0) is 19.1 Å². The van der Waals surface area contributed by atoms with Crippen LogP contribution in [0.5, 0.6) is 0 Å². The first-order chi connectivity index (χ1) is 12.8. The van der Waals surface area contributed by atoms with E-state index in [4.69, 9.17) is 4.98 Å². The summed E-state index contributed by atoms with van der Waals surface area (Å²) in [6.45, 7) is 2.03. The van der Waals surface area contributed by atoms with Gasteiger partial charge in [-0.15, -0.1) is 11.3 Å². The highest BCUT2D eigenvalue weighted by Gasteiger charge is 2.22. The lowest BCUT2D eigenvalue weighted by Gasteiger charge is -2.00. The molecule has 4 heterocycles. The highest BCUT2D eigenvalue weighted by Crippen LogP contribution is 2.36. The second-order valence-corrected chi connectivity index (χ2v) is 7.09. The Kier molecular flexibility index (Phi) is 3.50.